The summed E-state index contributed by atoms with van der Waals surface area (Å²) in [6, 6.07) is 0. The molecule has 1 aliphatic rings. The van der Waals surface area contributed by atoms with Crippen LogP contribution in [-0.4, -0.2) is 10.5 Å². The predicted octanol–water partition coefficient (Wildman–Crippen LogP) is 1.98. The monoisotopic (exact) mass is 177 g/mol. The molecule has 1 nitrogen and oxygen atoms in total. The van der Waals surface area contributed by atoms with E-state index in [4.69, 9.17) is 0 Å². The van der Waals surface area contributed by atoms with Crippen LogP contribution in [0.3, 0.4) is 0 Å². The summed E-state index contributed by atoms with van der Waals surface area (Å²) in [5.41, 5.74) is 0. The van der Waals surface area contributed by atoms with Crippen molar-refractivity contribution >= 4 is 16.1 Å². The van der Waals surface area contributed by atoms with Gasteiger partial charge >= 0.3 is 0 Å². The van der Waals surface area contributed by atoms with Crippen molar-refractivity contribution < 1.29 is 4.39 Å². The lowest BCUT2D eigenvalue weighted by Gasteiger charge is -2.10. The molecule has 0 atom stereocenters. The molecule has 0 aromatic heterocycles. The van der Waals surface area contributed by atoms with Crippen molar-refractivity contribution in [2.45, 2.75) is 0 Å². The lowest BCUT2D eigenvalue weighted by atomic mass is 10.4. The van der Waals surface area contributed by atoms with E-state index in [-0.39, 0.29) is 5.83 Å². The van der Waals surface area contributed by atoms with Gasteiger partial charge in [0.2, 0.25) is 0 Å². The maximum atomic E-state index is 12.2. The zero-order valence-corrected chi connectivity index (χ0v) is 5.73. The van der Waals surface area contributed by atoms with Gasteiger partial charge in [-0.05, 0) is 12.2 Å². The van der Waals surface area contributed by atoms with E-state index in [1.165, 1.54) is 6.08 Å². The molecule has 3 heteroatoms. The van der Waals surface area contributed by atoms with E-state index in [1.54, 1.807) is 16.2 Å². The maximum absolute atomic E-state index is 12.2. The van der Waals surface area contributed by atoms with Crippen LogP contribution in [0.15, 0.2) is 24.2 Å². The van der Waals surface area contributed by atoms with Crippen LogP contribution in [0, 0.1) is 0 Å². The summed E-state index contributed by atoms with van der Waals surface area (Å²) in [5, 5.41) is 0. The number of nitrogens with zero attached hydrogens (tertiary/aromatic N) is 1. The minimum Gasteiger partial charge on any atom is -0.309 e. The first-order chi connectivity index (χ1) is 3.79. The van der Waals surface area contributed by atoms with Crippen molar-refractivity contribution in [1.29, 1.82) is 0 Å². The second-order valence-corrected chi connectivity index (χ2v) is 2.42. The first-order valence-corrected chi connectivity index (χ1v) is 2.95. The molecule has 1 rings (SSSR count). The molecule has 0 radical (unpaired) electrons. The quantitative estimate of drug-likeness (QED) is 0.512. The zero-order chi connectivity index (χ0) is 5.98. The molecule has 0 amide bonds. The van der Waals surface area contributed by atoms with E-state index in [9.17, 15) is 4.39 Å². The molecule has 0 aromatic rings. The van der Waals surface area contributed by atoms with E-state index in [1.807, 2.05) is 0 Å². The Morgan fingerprint density at radius 1 is 1.75 bits per heavy atom. The third-order valence-electron chi connectivity index (χ3n) is 0.827. The van der Waals surface area contributed by atoms with E-state index < -0.39 is 0 Å². The fourth-order valence-corrected chi connectivity index (χ4v) is 0.867. The number of halogens is 2. The molecular formula is C5H5BrFN. The number of allylic oxidation sites excluding steroid dienone is 2. The molecule has 0 fully saturated rings. The van der Waals surface area contributed by atoms with Crippen LogP contribution in [-0.2, 0) is 0 Å². The van der Waals surface area contributed by atoms with Gasteiger partial charge in [-0.1, -0.05) is 0 Å². The molecule has 0 aromatic carbocycles. The molecule has 0 saturated heterocycles. The summed E-state index contributed by atoms with van der Waals surface area (Å²) < 4.78 is 13.8. The summed E-state index contributed by atoms with van der Waals surface area (Å²) in [6.07, 6.45) is 4.84. The van der Waals surface area contributed by atoms with Gasteiger partial charge in [-0.2, -0.15) is 0 Å². The zero-order valence-electron chi connectivity index (χ0n) is 4.14. The molecular weight excluding hydrogens is 173 g/mol. The van der Waals surface area contributed by atoms with Gasteiger partial charge in [0, 0.05) is 22.3 Å². The third kappa shape index (κ3) is 1.33. The SMILES string of the molecule is FC1=CC=CN(Br)C1. The predicted molar refractivity (Wildman–Crippen MR) is 34.0 cm³/mol. The standard InChI is InChI=1S/C5H5BrFN/c6-8-3-1-2-5(7)4-8/h1-3H,4H2. The van der Waals surface area contributed by atoms with Crippen LogP contribution >= 0.6 is 16.1 Å². The van der Waals surface area contributed by atoms with Gasteiger partial charge in [0.15, 0.2) is 0 Å². The Morgan fingerprint density at radius 2 is 2.50 bits per heavy atom. The summed E-state index contributed by atoms with van der Waals surface area (Å²) in [6.45, 7) is 0.330. The Bertz CT molecular complexity index is 141. The summed E-state index contributed by atoms with van der Waals surface area (Å²) in [4.78, 5) is 0. The Balaban J connectivity index is 2.59. The van der Waals surface area contributed by atoms with Crippen molar-refractivity contribution in [2.75, 3.05) is 6.54 Å². The molecule has 44 valence electrons. The van der Waals surface area contributed by atoms with Crippen molar-refractivity contribution in [2.24, 2.45) is 0 Å². The lowest BCUT2D eigenvalue weighted by Crippen LogP contribution is -2.07. The van der Waals surface area contributed by atoms with Gasteiger partial charge in [-0.15, -0.1) is 0 Å². The Labute approximate surface area is 55.8 Å². The van der Waals surface area contributed by atoms with Gasteiger partial charge < -0.3 is 3.93 Å². The smallest absolute Gasteiger partial charge is 0.120 e. The highest BCUT2D eigenvalue weighted by atomic mass is 79.9. The average Bonchev–Trinajstić information content (AvgIpc) is 1.64. The molecule has 0 bridgehead atoms. The average molecular weight is 178 g/mol. The molecule has 0 saturated carbocycles. The second kappa shape index (κ2) is 2.31. The maximum Gasteiger partial charge on any atom is 0.120 e. The highest BCUT2D eigenvalue weighted by molar-refractivity contribution is 9.07. The van der Waals surface area contributed by atoms with Gasteiger partial charge in [0.05, 0.1) is 6.54 Å². The van der Waals surface area contributed by atoms with Crippen molar-refractivity contribution in [3.63, 3.8) is 0 Å². The van der Waals surface area contributed by atoms with Gasteiger partial charge in [0.25, 0.3) is 0 Å². The van der Waals surface area contributed by atoms with Crippen molar-refractivity contribution in [3.8, 4) is 0 Å². The summed E-state index contributed by atoms with van der Waals surface area (Å²) >= 11 is 3.09. The van der Waals surface area contributed by atoms with Crippen LogP contribution in [0.5, 0.6) is 0 Å². The van der Waals surface area contributed by atoms with E-state index in [0.717, 1.165) is 0 Å². The molecule has 8 heavy (non-hydrogen) atoms. The Morgan fingerprint density at radius 3 is 2.88 bits per heavy atom. The second-order valence-electron chi connectivity index (χ2n) is 1.51. The number of rotatable bonds is 0. The van der Waals surface area contributed by atoms with Gasteiger partial charge in [0.1, 0.15) is 5.83 Å². The Hall–Kier alpha value is -0.310. The van der Waals surface area contributed by atoms with Gasteiger partial charge in [-0.25, -0.2) is 4.39 Å². The van der Waals surface area contributed by atoms with Crippen LogP contribution < -0.4 is 0 Å². The molecule has 0 unspecified atom stereocenters. The topological polar surface area (TPSA) is 3.24 Å². The molecule has 1 heterocycles. The highest BCUT2D eigenvalue weighted by Crippen LogP contribution is 2.10. The lowest BCUT2D eigenvalue weighted by molar-refractivity contribution is 0.535. The van der Waals surface area contributed by atoms with Crippen LogP contribution in [0.25, 0.3) is 0 Å². The molecule has 0 N–H and O–H groups in total. The fraction of sp³-hybridized carbons (Fsp3) is 0.200. The van der Waals surface area contributed by atoms with Crippen LogP contribution in [0.4, 0.5) is 4.39 Å². The normalized spacial score (nSPS) is 18.8. The third-order valence-corrected chi connectivity index (χ3v) is 1.31. The molecule has 1 aliphatic heterocycles. The van der Waals surface area contributed by atoms with E-state index in [0.29, 0.717) is 6.54 Å². The largest absolute Gasteiger partial charge is 0.309 e. The number of hydrogen-bond donors (Lipinski definition) is 0. The summed E-state index contributed by atoms with van der Waals surface area (Å²) in [7, 11) is 0. The van der Waals surface area contributed by atoms with E-state index >= 15 is 0 Å². The van der Waals surface area contributed by atoms with Crippen molar-refractivity contribution in [1.82, 2.24) is 3.93 Å². The highest BCUT2D eigenvalue weighted by Gasteiger charge is 2.00. The molecule has 0 aliphatic carbocycles. The van der Waals surface area contributed by atoms with Crippen LogP contribution in [0.2, 0.25) is 0 Å². The first-order valence-electron chi connectivity index (χ1n) is 2.24. The summed E-state index contributed by atoms with van der Waals surface area (Å²) in [5.74, 6) is -0.121. The Kier molecular flexibility index (Phi) is 1.68. The minimum absolute atomic E-state index is 0.121. The van der Waals surface area contributed by atoms with E-state index in [2.05, 4.69) is 16.1 Å². The first kappa shape index (κ1) is 5.82. The van der Waals surface area contributed by atoms with Gasteiger partial charge in [-0.3, -0.25) is 0 Å². The number of hydrogen-bond acceptors (Lipinski definition) is 1. The fourth-order valence-electron chi connectivity index (χ4n) is 0.491. The molecule has 0 spiro atoms. The van der Waals surface area contributed by atoms with Crippen LogP contribution in [0.1, 0.15) is 0 Å². The minimum atomic E-state index is -0.121. The van der Waals surface area contributed by atoms with Crippen molar-refractivity contribution in [3.05, 3.63) is 24.2 Å².